The number of nitrogens with one attached hydrogen (secondary N) is 1. The van der Waals surface area contributed by atoms with Crippen LogP contribution in [0.1, 0.15) is 79.6 Å². The van der Waals surface area contributed by atoms with Gasteiger partial charge in [-0.1, -0.05) is 20.8 Å². The molecule has 5 rings (SSSR count). The predicted octanol–water partition coefficient (Wildman–Crippen LogP) is 1.31. The summed E-state index contributed by atoms with van der Waals surface area (Å²) in [5.74, 6) is -0.948. The molecule has 0 spiro atoms. The Kier molecular flexibility index (Phi) is 8.39. The molecule has 41 heavy (non-hydrogen) atoms. The van der Waals surface area contributed by atoms with Gasteiger partial charge in [-0.15, -0.1) is 0 Å². The summed E-state index contributed by atoms with van der Waals surface area (Å²) in [6, 6.07) is 0. The Morgan fingerprint density at radius 1 is 1.15 bits per heavy atom. The number of aliphatic hydroxyl groups excluding tert-OH is 4. The van der Waals surface area contributed by atoms with Gasteiger partial charge in [0.2, 0.25) is 0 Å². The topological polar surface area (TPSA) is 160 Å². The van der Waals surface area contributed by atoms with E-state index in [-0.39, 0.29) is 41.5 Å². The SMILES string of the molecule is CC(O)CNCC1C(C)C(CO)OC1C(O)C(C)(O)C1CCC2(O)C3=CC(=O)C4CC(O)CCC4(C)C3CCC12C. The van der Waals surface area contributed by atoms with E-state index in [1.54, 1.807) is 19.9 Å². The molecule has 0 aromatic heterocycles. The van der Waals surface area contributed by atoms with E-state index >= 15 is 0 Å². The average Bonchev–Trinajstić information content (AvgIpc) is 3.38. The summed E-state index contributed by atoms with van der Waals surface area (Å²) < 4.78 is 6.17. The first-order chi connectivity index (χ1) is 19.1. The number of carbonyl (C=O) groups excluding carboxylic acids is 1. The van der Waals surface area contributed by atoms with Gasteiger partial charge in [-0.25, -0.2) is 0 Å². The maximum Gasteiger partial charge on any atom is 0.159 e. The Hall–Kier alpha value is -0.910. The fraction of sp³-hybridized carbons (Fsp3) is 0.906. The summed E-state index contributed by atoms with van der Waals surface area (Å²) in [5, 5.41) is 69.7. The fourth-order valence-corrected chi connectivity index (χ4v) is 10.1. The molecule has 234 valence electrons. The smallest absolute Gasteiger partial charge is 0.159 e. The van der Waals surface area contributed by atoms with Crippen LogP contribution in [0, 0.1) is 40.4 Å². The van der Waals surface area contributed by atoms with E-state index in [2.05, 4.69) is 12.2 Å². The third-order valence-corrected chi connectivity index (χ3v) is 12.7. The molecule has 4 aliphatic carbocycles. The van der Waals surface area contributed by atoms with Crippen molar-refractivity contribution in [2.75, 3.05) is 19.7 Å². The molecule has 9 heteroatoms. The van der Waals surface area contributed by atoms with E-state index in [1.165, 1.54) is 0 Å². The fourth-order valence-electron chi connectivity index (χ4n) is 10.1. The second kappa shape index (κ2) is 10.9. The van der Waals surface area contributed by atoms with Crippen molar-refractivity contribution < 1.29 is 40.2 Å². The van der Waals surface area contributed by atoms with Gasteiger partial charge in [-0.05, 0) is 93.6 Å². The van der Waals surface area contributed by atoms with Crippen LogP contribution in [0.25, 0.3) is 0 Å². The molecule has 3 saturated carbocycles. The summed E-state index contributed by atoms with van der Waals surface area (Å²) in [5.41, 5.74) is -3.18. The lowest BCUT2D eigenvalue weighted by Gasteiger charge is -2.60. The van der Waals surface area contributed by atoms with Crippen LogP contribution in [0.15, 0.2) is 11.6 Å². The predicted molar refractivity (Wildman–Crippen MR) is 153 cm³/mol. The molecule has 9 nitrogen and oxygen atoms in total. The summed E-state index contributed by atoms with van der Waals surface area (Å²) in [6.45, 7) is 10.1. The highest BCUT2D eigenvalue weighted by atomic mass is 16.5. The molecule has 4 fully saturated rings. The Labute approximate surface area is 244 Å². The third-order valence-electron chi connectivity index (χ3n) is 12.7. The van der Waals surface area contributed by atoms with E-state index in [0.29, 0.717) is 45.2 Å². The van der Waals surface area contributed by atoms with E-state index in [0.717, 1.165) is 18.4 Å². The van der Waals surface area contributed by atoms with Gasteiger partial charge in [-0.2, -0.15) is 0 Å². The lowest BCUT2D eigenvalue weighted by Crippen LogP contribution is -2.63. The van der Waals surface area contributed by atoms with E-state index in [1.807, 2.05) is 13.8 Å². The lowest BCUT2D eigenvalue weighted by atomic mass is 9.46. The largest absolute Gasteiger partial charge is 0.394 e. The maximum absolute atomic E-state index is 13.4. The van der Waals surface area contributed by atoms with Crippen molar-refractivity contribution in [3.63, 3.8) is 0 Å². The lowest BCUT2D eigenvalue weighted by molar-refractivity contribution is -0.198. The maximum atomic E-state index is 13.4. The Bertz CT molecular complexity index is 1030. The third kappa shape index (κ3) is 4.78. The van der Waals surface area contributed by atoms with Crippen LogP contribution in [0.2, 0.25) is 0 Å². The quantitative estimate of drug-likeness (QED) is 0.225. The van der Waals surface area contributed by atoms with Crippen molar-refractivity contribution in [3.05, 3.63) is 11.6 Å². The van der Waals surface area contributed by atoms with Crippen LogP contribution in [-0.4, -0.2) is 97.8 Å². The van der Waals surface area contributed by atoms with Crippen molar-refractivity contribution in [3.8, 4) is 0 Å². The van der Waals surface area contributed by atoms with Gasteiger partial charge in [0.15, 0.2) is 5.78 Å². The van der Waals surface area contributed by atoms with E-state index in [4.69, 9.17) is 4.74 Å². The zero-order chi connectivity index (χ0) is 30.1. The van der Waals surface area contributed by atoms with Crippen molar-refractivity contribution in [1.82, 2.24) is 5.32 Å². The average molecular weight is 580 g/mol. The number of rotatable bonds is 8. The highest BCUT2D eigenvalue weighted by Gasteiger charge is 2.69. The Morgan fingerprint density at radius 3 is 2.51 bits per heavy atom. The van der Waals surface area contributed by atoms with E-state index in [9.17, 15) is 35.4 Å². The molecule has 0 bridgehead atoms. The molecule has 1 saturated heterocycles. The number of carbonyl (C=O) groups is 1. The summed E-state index contributed by atoms with van der Waals surface area (Å²) >= 11 is 0. The molecule has 5 aliphatic rings. The van der Waals surface area contributed by atoms with Gasteiger partial charge in [-0.3, -0.25) is 4.79 Å². The minimum absolute atomic E-state index is 0.0126. The van der Waals surface area contributed by atoms with Crippen molar-refractivity contribution >= 4 is 5.78 Å². The monoisotopic (exact) mass is 579 g/mol. The van der Waals surface area contributed by atoms with Gasteiger partial charge in [0.05, 0.1) is 42.2 Å². The molecule has 1 heterocycles. The first-order valence-corrected chi connectivity index (χ1v) is 15.8. The van der Waals surface area contributed by atoms with Gasteiger partial charge < -0.3 is 40.7 Å². The molecule has 7 N–H and O–H groups in total. The second-order valence-corrected chi connectivity index (χ2v) is 15.0. The molecular formula is C32H53NO8. The molecule has 0 amide bonds. The second-order valence-electron chi connectivity index (χ2n) is 15.0. The first-order valence-electron chi connectivity index (χ1n) is 15.8. The minimum atomic E-state index is -1.61. The number of ether oxygens (including phenoxy) is 1. The van der Waals surface area contributed by atoms with Crippen LogP contribution in [0.4, 0.5) is 0 Å². The van der Waals surface area contributed by atoms with E-state index < -0.39 is 53.1 Å². The zero-order valence-corrected chi connectivity index (χ0v) is 25.4. The number of fused-ring (bicyclic) bond motifs is 5. The van der Waals surface area contributed by atoms with Gasteiger partial charge >= 0.3 is 0 Å². The first kappa shape index (κ1) is 31.5. The highest BCUT2D eigenvalue weighted by molar-refractivity contribution is 5.95. The van der Waals surface area contributed by atoms with Crippen molar-refractivity contribution in [1.29, 1.82) is 0 Å². The molecule has 1 aliphatic heterocycles. The van der Waals surface area contributed by atoms with Gasteiger partial charge in [0, 0.05) is 30.3 Å². The van der Waals surface area contributed by atoms with Crippen LogP contribution in [0.5, 0.6) is 0 Å². The van der Waals surface area contributed by atoms with Crippen LogP contribution < -0.4 is 5.32 Å². The molecule has 0 aromatic carbocycles. The summed E-state index contributed by atoms with van der Waals surface area (Å²) in [6.07, 6.45) is 2.37. The van der Waals surface area contributed by atoms with Crippen LogP contribution in [-0.2, 0) is 9.53 Å². The number of aliphatic hydroxyl groups is 6. The van der Waals surface area contributed by atoms with Gasteiger partial charge in [0.25, 0.3) is 0 Å². The Morgan fingerprint density at radius 2 is 1.85 bits per heavy atom. The minimum Gasteiger partial charge on any atom is -0.394 e. The summed E-state index contributed by atoms with van der Waals surface area (Å²) in [7, 11) is 0. The number of hydrogen-bond donors (Lipinski definition) is 7. The summed E-state index contributed by atoms with van der Waals surface area (Å²) in [4.78, 5) is 13.4. The van der Waals surface area contributed by atoms with Crippen molar-refractivity contribution in [2.24, 2.45) is 40.4 Å². The molecule has 14 unspecified atom stereocenters. The zero-order valence-electron chi connectivity index (χ0n) is 25.4. The van der Waals surface area contributed by atoms with Gasteiger partial charge in [0.1, 0.15) is 6.10 Å². The number of hydrogen-bond acceptors (Lipinski definition) is 9. The molecule has 0 aromatic rings. The van der Waals surface area contributed by atoms with Crippen molar-refractivity contribution in [2.45, 2.75) is 121 Å². The van der Waals surface area contributed by atoms with Crippen LogP contribution in [0.3, 0.4) is 0 Å². The molecule has 14 atom stereocenters. The molecular weight excluding hydrogens is 526 g/mol. The Balaban J connectivity index is 1.42. The standard InChI is InChI=1S/C32H53NO8/c1-17(35)14-33-15-20-18(2)25(16-34)41-27(20)28(38)31(5,39)26-8-11-32(40)22-13-24(37)23-12-19(36)6-9-29(23,3)21(22)7-10-30(26,32)4/h13,17-21,23,25-28,33-36,38-40H,6-12,14-16H2,1-5H3. The highest BCUT2D eigenvalue weighted by Crippen LogP contribution is 2.68. The number of ketones is 1. The molecule has 0 radical (unpaired) electrons. The normalized spacial score (nSPS) is 49.0. The number of allylic oxidation sites excluding steroid dienone is 1. The van der Waals surface area contributed by atoms with Crippen LogP contribution >= 0.6 is 0 Å².